The number of nitrogens with zero attached hydrogens (tertiary/aromatic N) is 4. The lowest BCUT2D eigenvalue weighted by atomic mass is 9.78. The van der Waals surface area contributed by atoms with Gasteiger partial charge in [0, 0.05) is 24.0 Å². The van der Waals surface area contributed by atoms with Gasteiger partial charge < -0.3 is 9.64 Å². The van der Waals surface area contributed by atoms with Gasteiger partial charge in [-0.05, 0) is 42.3 Å². The number of nitriles is 1. The Kier molecular flexibility index (Phi) is 4.47. The summed E-state index contributed by atoms with van der Waals surface area (Å²) in [6.07, 6.45) is 1.80. The first-order valence-electron chi connectivity index (χ1n) is 10.6. The average molecular weight is 457 g/mol. The van der Waals surface area contributed by atoms with Crippen LogP contribution in [-0.2, 0) is 4.74 Å². The second-order valence-electron chi connectivity index (χ2n) is 8.80. The number of hydrogen-bond donors (Lipinski definition) is 2. The van der Waals surface area contributed by atoms with Crippen LogP contribution in [0.25, 0.3) is 32.6 Å². The molecule has 1 spiro atoms. The van der Waals surface area contributed by atoms with Crippen LogP contribution >= 0.6 is 11.3 Å². The fraction of sp³-hybridized carbons (Fsp3) is 0.250. The topological polar surface area (TPSA) is 107 Å². The van der Waals surface area contributed by atoms with Crippen molar-refractivity contribution < 1.29 is 9.53 Å². The molecule has 0 unspecified atom stereocenters. The Morgan fingerprint density at radius 3 is 2.88 bits per heavy atom. The maximum Gasteiger partial charge on any atom is 0.323 e. The molecule has 0 bridgehead atoms. The van der Waals surface area contributed by atoms with Gasteiger partial charge in [-0.1, -0.05) is 23.5 Å². The number of hydrogen-bond acceptors (Lipinski definition) is 6. The number of nitrogens with one attached hydrogen (secondary N) is 2. The highest BCUT2D eigenvalue weighted by atomic mass is 32.1. The number of rotatable bonds is 3. The summed E-state index contributed by atoms with van der Waals surface area (Å²) < 4.78 is 5.30. The lowest BCUT2D eigenvalue weighted by Gasteiger charge is -2.54. The van der Waals surface area contributed by atoms with Crippen molar-refractivity contribution in [2.45, 2.75) is 6.92 Å². The monoisotopic (exact) mass is 456 g/mol. The van der Waals surface area contributed by atoms with Gasteiger partial charge in [-0.3, -0.25) is 10.4 Å². The van der Waals surface area contributed by atoms with Crippen LogP contribution in [0, 0.1) is 23.7 Å². The van der Waals surface area contributed by atoms with E-state index < -0.39 is 0 Å². The second kappa shape index (κ2) is 7.40. The molecule has 2 aliphatic heterocycles. The van der Waals surface area contributed by atoms with Crippen molar-refractivity contribution in [2.24, 2.45) is 5.41 Å². The molecule has 0 saturated carbocycles. The van der Waals surface area contributed by atoms with E-state index in [9.17, 15) is 10.1 Å². The third kappa shape index (κ3) is 3.35. The molecule has 33 heavy (non-hydrogen) atoms. The molecule has 2 fully saturated rings. The summed E-state index contributed by atoms with van der Waals surface area (Å²) in [6, 6.07) is 13.6. The fourth-order valence-electron chi connectivity index (χ4n) is 4.52. The summed E-state index contributed by atoms with van der Waals surface area (Å²) in [4.78, 5) is 20.3. The number of amides is 2. The zero-order chi connectivity index (χ0) is 22.6. The molecular weight excluding hydrogens is 436 g/mol. The SMILES string of the molecule is Cc1cc(-c2sc(NC(=O)N3CC4(COC4)C3)nc2-c2cccc(C#N)c2)cc2cn[nH]c12. The molecule has 2 saturated heterocycles. The summed E-state index contributed by atoms with van der Waals surface area (Å²) in [6.45, 7) is 4.92. The van der Waals surface area contributed by atoms with Gasteiger partial charge in [0.1, 0.15) is 0 Å². The lowest BCUT2D eigenvalue weighted by molar-refractivity contribution is -0.174. The molecule has 0 atom stereocenters. The summed E-state index contributed by atoms with van der Waals surface area (Å²) in [5.41, 5.74) is 5.35. The summed E-state index contributed by atoms with van der Waals surface area (Å²) in [7, 11) is 0. The molecule has 4 heterocycles. The van der Waals surface area contributed by atoms with Gasteiger partial charge in [0.15, 0.2) is 5.13 Å². The normalized spacial score (nSPS) is 16.3. The Hall–Kier alpha value is -3.74. The van der Waals surface area contributed by atoms with E-state index in [1.165, 1.54) is 11.3 Å². The highest BCUT2D eigenvalue weighted by Gasteiger charge is 2.50. The van der Waals surface area contributed by atoms with Gasteiger partial charge >= 0.3 is 6.03 Å². The van der Waals surface area contributed by atoms with Crippen LogP contribution in [0.1, 0.15) is 11.1 Å². The number of likely N-dealkylation sites (tertiary alicyclic amines) is 1. The van der Waals surface area contributed by atoms with Crippen molar-refractivity contribution in [3.8, 4) is 27.8 Å². The number of urea groups is 1. The van der Waals surface area contributed by atoms with Crippen molar-refractivity contribution >= 4 is 33.4 Å². The molecule has 2 aromatic carbocycles. The average Bonchev–Trinajstić information content (AvgIpc) is 3.39. The molecule has 2 N–H and O–H groups in total. The van der Waals surface area contributed by atoms with Gasteiger partial charge in [0.25, 0.3) is 0 Å². The number of aromatic nitrogens is 3. The van der Waals surface area contributed by atoms with E-state index in [1.807, 2.05) is 25.1 Å². The Bertz CT molecular complexity index is 1440. The number of H-pyrrole nitrogens is 1. The second-order valence-corrected chi connectivity index (χ2v) is 9.79. The summed E-state index contributed by atoms with van der Waals surface area (Å²) in [5, 5.41) is 21.1. The molecule has 2 aliphatic rings. The molecule has 9 heteroatoms. The van der Waals surface area contributed by atoms with Crippen LogP contribution in [0.3, 0.4) is 0 Å². The summed E-state index contributed by atoms with van der Waals surface area (Å²) in [5.74, 6) is 0. The zero-order valence-electron chi connectivity index (χ0n) is 17.9. The molecule has 4 aromatic rings. The third-order valence-corrected chi connectivity index (χ3v) is 7.29. The smallest absolute Gasteiger partial charge is 0.323 e. The number of anilines is 1. The molecule has 2 amide bonds. The number of carbonyl (C=O) groups is 1. The summed E-state index contributed by atoms with van der Waals surface area (Å²) >= 11 is 1.43. The maximum absolute atomic E-state index is 12.8. The first kappa shape index (κ1) is 19.9. The number of aromatic amines is 1. The van der Waals surface area contributed by atoms with E-state index in [4.69, 9.17) is 9.72 Å². The molecular formula is C24H20N6O2S. The minimum absolute atomic E-state index is 0.147. The Balaban J connectivity index is 1.38. The van der Waals surface area contributed by atoms with Gasteiger partial charge in [-0.2, -0.15) is 10.4 Å². The standard InChI is InChI=1S/C24H20N6O2S/c1-14-5-17(7-18-9-26-29-19(14)18)21-20(16-4-2-3-15(6-16)8-25)27-22(33-21)28-23(31)30-10-24(11-30)12-32-13-24/h2-7,9H,10-13H2,1H3,(H,26,29)(H,27,28,31). The Morgan fingerprint density at radius 2 is 2.12 bits per heavy atom. The van der Waals surface area contributed by atoms with Crippen LogP contribution in [0.2, 0.25) is 0 Å². The molecule has 164 valence electrons. The quantitative estimate of drug-likeness (QED) is 0.475. The highest BCUT2D eigenvalue weighted by molar-refractivity contribution is 7.19. The molecule has 2 aromatic heterocycles. The largest absolute Gasteiger partial charge is 0.380 e. The van der Waals surface area contributed by atoms with Gasteiger partial charge in [-0.25, -0.2) is 9.78 Å². The van der Waals surface area contributed by atoms with Gasteiger partial charge in [0.05, 0.1) is 52.5 Å². The van der Waals surface area contributed by atoms with E-state index in [0.717, 1.165) is 51.4 Å². The number of benzene rings is 2. The molecule has 0 radical (unpaired) electrons. The van der Waals surface area contributed by atoms with Crippen LogP contribution in [0.4, 0.5) is 9.93 Å². The van der Waals surface area contributed by atoms with Crippen LogP contribution in [0.5, 0.6) is 0 Å². The predicted octanol–water partition coefficient (Wildman–Crippen LogP) is 4.40. The van der Waals surface area contributed by atoms with Gasteiger partial charge in [0.2, 0.25) is 0 Å². The van der Waals surface area contributed by atoms with Crippen molar-refractivity contribution in [1.82, 2.24) is 20.1 Å². The van der Waals surface area contributed by atoms with Crippen molar-refractivity contribution in [3.63, 3.8) is 0 Å². The number of fused-ring (bicyclic) bond motifs is 1. The Morgan fingerprint density at radius 1 is 1.27 bits per heavy atom. The molecule has 6 rings (SSSR count). The Labute approximate surface area is 193 Å². The van der Waals surface area contributed by atoms with Gasteiger partial charge in [-0.15, -0.1) is 0 Å². The van der Waals surface area contributed by atoms with E-state index in [0.29, 0.717) is 23.8 Å². The van der Waals surface area contributed by atoms with Crippen molar-refractivity contribution in [2.75, 3.05) is 31.6 Å². The van der Waals surface area contributed by atoms with E-state index in [2.05, 4.69) is 33.7 Å². The number of thiazole rings is 1. The van der Waals surface area contributed by atoms with Crippen LogP contribution in [0.15, 0.2) is 42.6 Å². The van der Waals surface area contributed by atoms with Crippen LogP contribution in [-0.4, -0.2) is 52.4 Å². The fourth-order valence-corrected chi connectivity index (χ4v) is 5.48. The van der Waals surface area contributed by atoms with Crippen LogP contribution < -0.4 is 5.32 Å². The predicted molar refractivity (Wildman–Crippen MR) is 126 cm³/mol. The molecule has 8 nitrogen and oxygen atoms in total. The van der Waals surface area contributed by atoms with Crippen molar-refractivity contribution in [3.05, 3.63) is 53.7 Å². The number of ether oxygens (including phenoxy) is 1. The minimum Gasteiger partial charge on any atom is -0.380 e. The first-order valence-corrected chi connectivity index (χ1v) is 11.4. The van der Waals surface area contributed by atoms with E-state index in [1.54, 1.807) is 17.2 Å². The number of carbonyl (C=O) groups excluding carboxylic acids is 1. The first-order chi connectivity index (χ1) is 16.0. The molecule has 0 aliphatic carbocycles. The highest BCUT2D eigenvalue weighted by Crippen LogP contribution is 2.42. The number of aryl methyl sites for hydroxylation is 1. The van der Waals surface area contributed by atoms with E-state index >= 15 is 0 Å². The minimum atomic E-state index is -0.147. The van der Waals surface area contributed by atoms with Crippen molar-refractivity contribution in [1.29, 1.82) is 5.26 Å². The lowest BCUT2D eigenvalue weighted by Crippen LogP contribution is -2.67. The third-order valence-electron chi connectivity index (χ3n) is 6.27. The zero-order valence-corrected chi connectivity index (χ0v) is 18.7. The maximum atomic E-state index is 12.8. The van der Waals surface area contributed by atoms with E-state index in [-0.39, 0.29) is 11.4 Å².